The molecule has 36 heavy (non-hydrogen) atoms. The van der Waals surface area contributed by atoms with E-state index in [1.54, 1.807) is 35.5 Å². The molecule has 11 heteroatoms. The number of alkyl halides is 3. The third-order valence-corrected chi connectivity index (χ3v) is 6.50. The van der Waals surface area contributed by atoms with Gasteiger partial charge in [0, 0.05) is 37.8 Å². The fourth-order valence-corrected chi connectivity index (χ4v) is 4.92. The van der Waals surface area contributed by atoms with Gasteiger partial charge in [0.2, 0.25) is 11.8 Å². The van der Waals surface area contributed by atoms with Crippen molar-refractivity contribution in [3.63, 3.8) is 0 Å². The average Bonchev–Trinajstić information content (AvgIpc) is 3.16. The summed E-state index contributed by atoms with van der Waals surface area (Å²) in [5.41, 5.74) is 0.0576. The van der Waals surface area contributed by atoms with E-state index in [1.165, 1.54) is 31.0 Å². The monoisotopic (exact) mass is 499 g/mol. The van der Waals surface area contributed by atoms with E-state index in [9.17, 15) is 22.8 Å². The minimum Gasteiger partial charge on any atom is -0.336 e. The van der Waals surface area contributed by atoms with Crippen LogP contribution in [-0.2, 0) is 15.8 Å². The Morgan fingerprint density at radius 3 is 2.56 bits per heavy atom. The van der Waals surface area contributed by atoms with Crippen LogP contribution in [0.1, 0.15) is 17.7 Å². The van der Waals surface area contributed by atoms with Crippen LogP contribution in [0.3, 0.4) is 0 Å². The first-order valence-corrected chi connectivity index (χ1v) is 11.2. The number of aromatic nitrogens is 2. The van der Waals surface area contributed by atoms with Gasteiger partial charge in [0.05, 0.1) is 23.1 Å². The van der Waals surface area contributed by atoms with Crippen molar-refractivity contribution < 1.29 is 27.2 Å². The van der Waals surface area contributed by atoms with Crippen LogP contribution in [-0.4, -0.2) is 41.4 Å². The van der Waals surface area contributed by atoms with Crippen LogP contribution in [0.15, 0.2) is 54.9 Å². The highest BCUT2D eigenvalue weighted by atomic mass is 19.4. The molecule has 1 saturated heterocycles. The number of nitrogens with zero attached hydrogens (tertiary/aromatic N) is 5. The molecular formula is C25H21F4N5O2. The number of benzene rings is 1. The van der Waals surface area contributed by atoms with E-state index < -0.39 is 41.3 Å². The van der Waals surface area contributed by atoms with Crippen LogP contribution in [0.2, 0.25) is 0 Å². The predicted molar refractivity (Wildman–Crippen MR) is 124 cm³/mol. The highest BCUT2D eigenvalue weighted by molar-refractivity contribution is 6.10. The molecule has 1 fully saturated rings. The Hall–Kier alpha value is -4.02. The zero-order valence-electron chi connectivity index (χ0n) is 19.3. The lowest BCUT2D eigenvalue weighted by Gasteiger charge is -2.38. The molecule has 0 aliphatic carbocycles. The van der Waals surface area contributed by atoms with Gasteiger partial charge in [-0.05, 0) is 43.3 Å². The van der Waals surface area contributed by atoms with Crippen LogP contribution in [0.5, 0.6) is 0 Å². The number of rotatable bonds is 2. The second kappa shape index (κ2) is 8.58. The summed E-state index contributed by atoms with van der Waals surface area (Å²) >= 11 is 0. The fraction of sp³-hybridized carbons (Fsp3) is 0.280. The van der Waals surface area contributed by atoms with Crippen molar-refractivity contribution in [1.29, 1.82) is 0 Å². The molecule has 7 nitrogen and oxygen atoms in total. The smallest absolute Gasteiger partial charge is 0.336 e. The van der Waals surface area contributed by atoms with Gasteiger partial charge in [-0.1, -0.05) is 6.07 Å². The van der Waals surface area contributed by atoms with Gasteiger partial charge in [-0.2, -0.15) is 13.2 Å². The molecule has 2 atom stereocenters. The standard InChI is InChI=1S/C25H21F4N5O2/c1-14-9-16(25(27,28)29)11-20(31-14)34-21(35)10-15-13-33(17-5-4-8-30-12-17)23-18(26)6-3-7-19(23)32(2)24(36)22(15)34/h3-9,11-12,15,22H,10,13H2,1-2H3/t15-,22+/m1/s1. The first-order chi connectivity index (χ1) is 17.1. The van der Waals surface area contributed by atoms with E-state index in [-0.39, 0.29) is 35.9 Å². The van der Waals surface area contributed by atoms with Crippen LogP contribution in [0, 0.1) is 18.7 Å². The highest BCUT2D eigenvalue weighted by Crippen LogP contribution is 2.43. The molecule has 0 bridgehead atoms. The van der Waals surface area contributed by atoms with E-state index in [0.717, 1.165) is 17.0 Å². The number of likely N-dealkylation sites (N-methyl/N-ethyl adjacent to an activating group) is 1. The topological polar surface area (TPSA) is 69.6 Å². The molecule has 1 aromatic carbocycles. The number of halogens is 4. The first kappa shape index (κ1) is 23.7. The summed E-state index contributed by atoms with van der Waals surface area (Å²) in [7, 11) is 1.45. The third-order valence-electron chi connectivity index (χ3n) is 6.50. The fourth-order valence-electron chi connectivity index (χ4n) is 4.92. The van der Waals surface area contributed by atoms with E-state index in [1.807, 2.05) is 0 Å². The van der Waals surface area contributed by atoms with Crippen molar-refractivity contribution in [1.82, 2.24) is 9.97 Å². The lowest BCUT2D eigenvalue weighted by molar-refractivity contribution is -0.137. The van der Waals surface area contributed by atoms with Crippen LogP contribution in [0.4, 0.5) is 40.4 Å². The Kier molecular flexibility index (Phi) is 5.65. The van der Waals surface area contributed by atoms with Crippen molar-refractivity contribution in [3.05, 3.63) is 71.9 Å². The Morgan fingerprint density at radius 2 is 1.86 bits per heavy atom. The minimum atomic E-state index is -4.65. The summed E-state index contributed by atoms with van der Waals surface area (Å²) in [6.45, 7) is 1.45. The number of anilines is 4. The predicted octanol–water partition coefficient (Wildman–Crippen LogP) is 4.48. The van der Waals surface area contributed by atoms with Gasteiger partial charge in [-0.3, -0.25) is 19.5 Å². The maximum atomic E-state index is 15.2. The number of aryl methyl sites for hydroxylation is 1. The number of pyridine rings is 2. The Labute approximate surface area is 204 Å². The SMILES string of the molecule is Cc1cc(C(F)(F)F)cc(N2C(=O)C[C@@H]3CN(c4cccnc4)c4c(F)cccc4N(C)C(=O)[C@H]32)n1. The van der Waals surface area contributed by atoms with E-state index >= 15 is 4.39 Å². The summed E-state index contributed by atoms with van der Waals surface area (Å²) in [5, 5.41) is 0. The molecule has 0 unspecified atom stereocenters. The molecular weight excluding hydrogens is 478 g/mol. The molecule has 2 amide bonds. The van der Waals surface area contributed by atoms with Crippen LogP contribution >= 0.6 is 0 Å². The first-order valence-electron chi connectivity index (χ1n) is 11.2. The number of fused-ring (bicyclic) bond motifs is 2. The average molecular weight is 499 g/mol. The quantitative estimate of drug-likeness (QED) is 0.487. The molecule has 2 aliphatic rings. The minimum absolute atomic E-state index is 0.0596. The van der Waals surface area contributed by atoms with Crippen LogP contribution in [0.25, 0.3) is 0 Å². The highest BCUT2D eigenvalue weighted by Gasteiger charge is 2.49. The Bertz CT molecular complexity index is 1350. The van der Waals surface area contributed by atoms with Gasteiger partial charge in [0.1, 0.15) is 23.4 Å². The summed E-state index contributed by atoms with van der Waals surface area (Å²) in [5.74, 6) is -2.53. The van der Waals surface area contributed by atoms with Gasteiger partial charge in [-0.15, -0.1) is 0 Å². The molecule has 186 valence electrons. The zero-order chi connectivity index (χ0) is 25.8. The van der Waals surface area contributed by atoms with Gasteiger partial charge < -0.3 is 9.80 Å². The maximum absolute atomic E-state index is 15.2. The van der Waals surface area contributed by atoms with Crippen molar-refractivity contribution in [2.24, 2.45) is 5.92 Å². The summed E-state index contributed by atoms with van der Waals surface area (Å²) in [4.78, 5) is 39.2. The largest absolute Gasteiger partial charge is 0.416 e. The van der Waals surface area contributed by atoms with E-state index in [4.69, 9.17) is 0 Å². The third kappa shape index (κ3) is 3.94. The number of amides is 2. The van der Waals surface area contributed by atoms with Gasteiger partial charge in [0.15, 0.2) is 0 Å². The van der Waals surface area contributed by atoms with Gasteiger partial charge in [0.25, 0.3) is 0 Å². The lowest BCUT2D eigenvalue weighted by Crippen LogP contribution is -2.52. The summed E-state index contributed by atoms with van der Waals surface area (Å²) < 4.78 is 55.7. The van der Waals surface area contributed by atoms with Crippen LogP contribution < -0.4 is 14.7 Å². The molecule has 0 N–H and O–H groups in total. The van der Waals surface area contributed by atoms with E-state index in [2.05, 4.69) is 9.97 Å². The molecule has 0 radical (unpaired) electrons. The van der Waals surface area contributed by atoms with Crippen molar-refractivity contribution in [2.75, 3.05) is 28.3 Å². The number of carbonyl (C=O) groups excluding carboxylic acids is 2. The van der Waals surface area contributed by atoms with Crippen molar-refractivity contribution >= 4 is 34.7 Å². The van der Waals surface area contributed by atoms with Crippen molar-refractivity contribution in [3.8, 4) is 0 Å². The molecule has 0 spiro atoms. The Balaban J connectivity index is 1.66. The number of hydrogen-bond acceptors (Lipinski definition) is 5. The molecule has 0 saturated carbocycles. The zero-order valence-corrected chi connectivity index (χ0v) is 19.3. The van der Waals surface area contributed by atoms with Gasteiger partial charge in [-0.25, -0.2) is 9.37 Å². The Morgan fingerprint density at radius 1 is 1.08 bits per heavy atom. The second-order valence-corrected chi connectivity index (χ2v) is 8.85. The molecule has 4 heterocycles. The maximum Gasteiger partial charge on any atom is 0.416 e. The molecule has 5 rings (SSSR count). The second-order valence-electron chi connectivity index (χ2n) is 8.85. The molecule has 2 aliphatic heterocycles. The number of carbonyl (C=O) groups is 2. The lowest BCUT2D eigenvalue weighted by atomic mass is 9.95. The van der Waals surface area contributed by atoms with Gasteiger partial charge >= 0.3 is 6.18 Å². The normalized spacial score (nSPS) is 20.2. The van der Waals surface area contributed by atoms with E-state index in [0.29, 0.717) is 5.69 Å². The number of hydrogen-bond donors (Lipinski definition) is 0. The number of para-hydroxylation sites is 1. The summed E-state index contributed by atoms with van der Waals surface area (Å²) in [6.07, 6.45) is -1.67. The summed E-state index contributed by atoms with van der Waals surface area (Å²) in [6, 6.07) is 8.27. The van der Waals surface area contributed by atoms with Crippen molar-refractivity contribution in [2.45, 2.75) is 25.6 Å². The molecule has 2 aromatic heterocycles. The molecule has 3 aromatic rings.